The van der Waals surface area contributed by atoms with Crippen LogP contribution in [0.15, 0.2) is 0 Å². The van der Waals surface area contributed by atoms with Crippen molar-refractivity contribution in [2.45, 2.75) is 30.6 Å². The van der Waals surface area contributed by atoms with Crippen LogP contribution in [0.4, 0.5) is 0 Å². The van der Waals surface area contributed by atoms with Crippen molar-refractivity contribution < 1.29 is 17.9 Å². The minimum Gasteiger partial charge on any atom is -0.378 e. The number of sulfonamides is 1. The van der Waals surface area contributed by atoms with E-state index < -0.39 is 20.9 Å². The zero-order valence-electron chi connectivity index (χ0n) is 10.1. The van der Waals surface area contributed by atoms with E-state index in [0.717, 1.165) is 0 Å². The molecule has 2 atom stereocenters. The largest absolute Gasteiger partial charge is 0.378 e. The molecule has 1 rings (SSSR count). The van der Waals surface area contributed by atoms with Crippen LogP contribution in [-0.2, 0) is 19.5 Å². The molecule has 0 aliphatic carbocycles. The van der Waals surface area contributed by atoms with Crippen molar-refractivity contribution >= 4 is 10.0 Å². The number of methoxy groups -OCH3 is 1. The molecule has 0 bridgehead atoms. The number of nitrogens with one attached hydrogen (secondary N) is 1. The van der Waals surface area contributed by atoms with E-state index in [1.54, 1.807) is 13.0 Å². The van der Waals surface area contributed by atoms with Gasteiger partial charge in [0, 0.05) is 26.7 Å². The summed E-state index contributed by atoms with van der Waals surface area (Å²) in [5.74, 6) is 0. The first kappa shape index (κ1) is 14.4. The highest BCUT2D eigenvalue weighted by atomic mass is 32.2. The van der Waals surface area contributed by atoms with Crippen molar-refractivity contribution in [3.05, 3.63) is 0 Å². The molecule has 0 saturated carbocycles. The molecule has 0 aromatic carbocycles. The Morgan fingerprint density at radius 1 is 1.65 bits per heavy atom. The molecule has 1 N–H and O–H groups in total. The number of nitriles is 1. The van der Waals surface area contributed by atoms with Crippen LogP contribution in [0.25, 0.3) is 0 Å². The number of ether oxygens (including phenoxy) is 2. The second-order valence-corrected chi connectivity index (χ2v) is 6.03. The molecule has 6 nitrogen and oxygen atoms in total. The molecule has 2 unspecified atom stereocenters. The minimum absolute atomic E-state index is 0.143. The average Bonchev–Trinajstić information content (AvgIpc) is 2.77. The fourth-order valence-electron chi connectivity index (χ4n) is 1.67. The summed E-state index contributed by atoms with van der Waals surface area (Å²) in [5, 5.41) is 7.73. The van der Waals surface area contributed by atoms with Crippen LogP contribution in [0.5, 0.6) is 0 Å². The average molecular weight is 262 g/mol. The van der Waals surface area contributed by atoms with Gasteiger partial charge in [-0.3, -0.25) is 0 Å². The second-order valence-electron chi connectivity index (χ2n) is 4.08. The third kappa shape index (κ3) is 3.39. The molecule has 1 saturated heterocycles. The summed E-state index contributed by atoms with van der Waals surface area (Å²) in [7, 11) is -2.07. The molecule has 1 fully saturated rings. The molecule has 1 heterocycles. The Labute approximate surface area is 102 Å². The fourth-order valence-corrected chi connectivity index (χ4v) is 2.92. The summed E-state index contributed by atoms with van der Waals surface area (Å²) in [6, 6.07) is 1.78. The van der Waals surface area contributed by atoms with Crippen molar-refractivity contribution in [3.63, 3.8) is 0 Å². The molecule has 17 heavy (non-hydrogen) atoms. The molecule has 0 amide bonds. The van der Waals surface area contributed by atoms with E-state index in [4.69, 9.17) is 14.7 Å². The molecule has 1 aliphatic rings. The van der Waals surface area contributed by atoms with Crippen LogP contribution in [0.3, 0.4) is 0 Å². The van der Waals surface area contributed by atoms with Crippen LogP contribution >= 0.6 is 0 Å². The summed E-state index contributed by atoms with van der Waals surface area (Å²) >= 11 is 0. The van der Waals surface area contributed by atoms with Gasteiger partial charge >= 0.3 is 0 Å². The number of nitrogens with zero attached hydrogens (tertiary/aromatic N) is 1. The number of hydrogen-bond donors (Lipinski definition) is 1. The second kappa shape index (κ2) is 5.78. The van der Waals surface area contributed by atoms with Gasteiger partial charge < -0.3 is 9.47 Å². The quantitative estimate of drug-likeness (QED) is 0.728. The van der Waals surface area contributed by atoms with Gasteiger partial charge in [0.2, 0.25) is 10.0 Å². The molecular weight excluding hydrogens is 244 g/mol. The summed E-state index contributed by atoms with van der Waals surface area (Å²) in [5.41, 5.74) is -0.596. The summed E-state index contributed by atoms with van der Waals surface area (Å²) in [4.78, 5) is 0. The zero-order valence-corrected chi connectivity index (χ0v) is 10.9. The van der Waals surface area contributed by atoms with Gasteiger partial charge in [0.1, 0.15) is 5.60 Å². The van der Waals surface area contributed by atoms with E-state index in [9.17, 15) is 8.42 Å². The highest BCUT2D eigenvalue weighted by molar-refractivity contribution is 7.90. The predicted octanol–water partition coefficient (Wildman–Crippen LogP) is 0.0135. The standard InChI is InChI=1S/C10H18N2O4S/c1-3-9(6-11)17(13,14)12-7-10(15-2)4-5-16-8-10/h9,12H,3-5,7-8H2,1-2H3. The van der Waals surface area contributed by atoms with Gasteiger partial charge in [-0.25, -0.2) is 13.1 Å². The molecule has 0 aromatic rings. The molecule has 98 valence electrons. The van der Waals surface area contributed by atoms with Gasteiger partial charge in [-0.1, -0.05) is 6.92 Å². The minimum atomic E-state index is -3.60. The lowest BCUT2D eigenvalue weighted by Gasteiger charge is -2.26. The normalized spacial score (nSPS) is 26.6. The maximum atomic E-state index is 11.8. The Morgan fingerprint density at radius 3 is 2.76 bits per heavy atom. The topological polar surface area (TPSA) is 88.4 Å². The van der Waals surface area contributed by atoms with Crippen molar-refractivity contribution in [3.8, 4) is 6.07 Å². The van der Waals surface area contributed by atoms with Gasteiger partial charge in [0.25, 0.3) is 0 Å². The highest BCUT2D eigenvalue weighted by Gasteiger charge is 2.37. The van der Waals surface area contributed by atoms with E-state index in [1.165, 1.54) is 7.11 Å². The Kier molecular flexibility index (Phi) is 4.89. The molecule has 1 aliphatic heterocycles. The van der Waals surface area contributed by atoms with E-state index >= 15 is 0 Å². The summed E-state index contributed by atoms with van der Waals surface area (Å²) in [6.07, 6.45) is 0.914. The van der Waals surface area contributed by atoms with Gasteiger partial charge in [0.15, 0.2) is 5.25 Å². The van der Waals surface area contributed by atoms with E-state index in [1.807, 2.05) is 0 Å². The van der Waals surface area contributed by atoms with Gasteiger partial charge in [0.05, 0.1) is 12.7 Å². The lowest BCUT2D eigenvalue weighted by atomic mass is 10.0. The summed E-state index contributed by atoms with van der Waals surface area (Å²) in [6.45, 7) is 2.74. The SMILES string of the molecule is CCC(C#N)S(=O)(=O)NCC1(OC)CCOC1. The van der Waals surface area contributed by atoms with E-state index in [0.29, 0.717) is 19.6 Å². The summed E-state index contributed by atoms with van der Waals surface area (Å²) < 4.78 is 36.5. The van der Waals surface area contributed by atoms with E-state index in [2.05, 4.69) is 4.72 Å². The van der Waals surface area contributed by atoms with Crippen LogP contribution < -0.4 is 4.72 Å². The first-order valence-electron chi connectivity index (χ1n) is 5.50. The smallest absolute Gasteiger partial charge is 0.228 e. The predicted molar refractivity (Wildman–Crippen MR) is 61.8 cm³/mol. The molecule has 0 spiro atoms. The van der Waals surface area contributed by atoms with Crippen molar-refractivity contribution in [1.29, 1.82) is 5.26 Å². The first-order chi connectivity index (χ1) is 7.99. The highest BCUT2D eigenvalue weighted by Crippen LogP contribution is 2.22. The molecule has 0 radical (unpaired) electrons. The molecule has 0 aromatic heterocycles. The van der Waals surface area contributed by atoms with E-state index in [-0.39, 0.29) is 13.0 Å². The monoisotopic (exact) mass is 262 g/mol. The van der Waals surface area contributed by atoms with Crippen LogP contribution in [-0.4, -0.2) is 46.1 Å². The van der Waals surface area contributed by atoms with Gasteiger partial charge in [-0.05, 0) is 6.42 Å². The first-order valence-corrected chi connectivity index (χ1v) is 7.05. The lowest BCUT2D eigenvalue weighted by molar-refractivity contribution is -0.0121. The number of rotatable bonds is 6. The third-order valence-electron chi connectivity index (χ3n) is 2.99. The molecular formula is C10H18N2O4S. The maximum Gasteiger partial charge on any atom is 0.228 e. The Hall–Kier alpha value is -0.680. The third-order valence-corrected chi connectivity index (χ3v) is 4.72. The van der Waals surface area contributed by atoms with Crippen LogP contribution in [0.2, 0.25) is 0 Å². The van der Waals surface area contributed by atoms with Crippen molar-refractivity contribution in [1.82, 2.24) is 4.72 Å². The maximum absolute atomic E-state index is 11.8. The number of hydrogen-bond acceptors (Lipinski definition) is 5. The van der Waals surface area contributed by atoms with Crippen LogP contribution in [0.1, 0.15) is 19.8 Å². The Balaban J connectivity index is 2.63. The Morgan fingerprint density at radius 2 is 2.35 bits per heavy atom. The van der Waals surface area contributed by atoms with Crippen molar-refractivity contribution in [2.75, 3.05) is 26.9 Å². The van der Waals surface area contributed by atoms with Crippen LogP contribution in [0, 0.1) is 11.3 Å². The van der Waals surface area contributed by atoms with Gasteiger partial charge in [-0.15, -0.1) is 0 Å². The fraction of sp³-hybridized carbons (Fsp3) is 0.900. The lowest BCUT2D eigenvalue weighted by Crippen LogP contribution is -2.47. The Bertz CT molecular complexity index is 382. The van der Waals surface area contributed by atoms with Crippen molar-refractivity contribution in [2.24, 2.45) is 0 Å². The zero-order chi connectivity index (χ0) is 12.9. The van der Waals surface area contributed by atoms with Gasteiger partial charge in [-0.2, -0.15) is 5.26 Å². The molecule has 7 heteroatoms.